The van der Waals surface area contributed by atoms with E-state index < -0.39 is 0 Å². The predicted octanol–water partition coefficient (Wildman–Crippen LogP) is 14.3. The Morgan fingerprint density at radius 1 is 0.362 bits per heavy atom. The highest BCUT2D eigenvalue weighted by molar-refractivity contribution is 7.26. The molecule has 3 aromatic heterocycles. The molecule has 0 aliphatic carbocycles. The Morgan fingerprint density at radius 2 is 0.983 bits per heavy atom. The Balaban J connectivity index is 1.04. The average molecular weight is 757 g/mol. The molecule has 3 heterocycles. The van der Waals surface area contributed by atoms with Gasteiger partial charge in [0.2, 0.25) is 0 Å². The molecule has 0 aliphatic heterocycles. The Hall–Kier alpha value is -7.47. The third kappa shape index (κ3) is 5.25. The van der Waals surface area contributed by atoms with Crippen molar-refractivity contribution in [2.24, 2.45) is 0 Å². The molecule has 4 nitrogen and oxygen atoms in total. The summed E-state index contributed by atoms with van der Waals surface area (Å²) in [7, 11) is 0. The highest BCUT2D eigenvalue weighted by Crippen LogP contribution is 2.42. The van der Waals surface area contributed by atoms with Gasteiger partial charge in [-0.1, -0.05) is 164 Å². The van der Waals surface area contributed by atoms with Crippen LogP contribution in [0.5, 0.6) is 0 Å². The van der Waals surface area contributed by atoms with E-state index in [9.17, 15) is 0 Å². The second-order valence-electron chi connectivity index (χ2n) is 14.8. The van der Waals surface area contributed by atoms with Crippen LogP contribution in [-0.4, -0.2) is 19.5 Å². The standard InChI is InChI=1S/C53H32N4S/c1-2-11-33(12-3-1)35-21-24-37(25-22-35)51-54-52(39-26-23-34-13-4-5-15-38(34)31-39)56-53(55-51)46-19-10-18-45-43-30-28-40(32-48(43)58-50(45)46)57-47-20-9-8-17-42(47)44-29-27-36-14-6-7-16-41(36)49(44)57/h1-32H. The van der Waals surface area contributed by atoms with Gasteiger partial charge in [0.15, 0.2) is 17.5 Å². The molecule has 9 aromatic carbocycles. The quantitative estimate of drug-likeness (QED) is 0.176. The minimum absolute atomic E-state index is 0.645. The van der Waals surface area contributed by atoms with E-state index in [-0.39, 0.29) is 0 Å². The van der Waals surface area contributed by atoms with Crippen LogP contribution in [0.1, 0.15) is 0 Å². The number of para-hydroxylation sites is 1. The number of fused-ring (bicyclic) bond motifs is 9. The number of benzene rings is 9. The molecule has 0 atom stereocenters. The molecule has 270 valence electrons. The van der Waals surface area contributed by atoms with E-state index in [1.807, 2.05) is 6.07 Å². The smallest absolute Gasteiger partial charge is 0.165 e. The van der Waals surface area contributed by atoms with E-state index in [0.717, 1.165) is 38.0 Å². The van der Waals surface area contributed by atoms with E-state index in [2.05, 4.69) is 193 Å². The van der Waals surface area contributed by atoms with Crippen molar-refractivity contribution in [3.05, 3.63) is 194 Å². The number of nitrogens with zero attached hydrogens (tertiary/aromatic N) is 4. The van der Waals surface area contributed by atoms with E-state index in [0.29, 0.717) is 17.5 Å². The molecule has 5 heteroatoms. The maximum Gasteiger partial charge on any atom is 0.165 e. The van der Waals surface area contributed by atoms with Gasteiger partial charge in [-0.15, -0.1) is 11.3 Å². The normalized spacial score (nSPS) is 11.8. The average Bonchev–Trinajstić information content (AvgIpc) is 3.85. The van der Waals surface area contributed by atoms with E-state index >= 15 is 0 Å². The molecule has 0 saturated carbocycles. The van der Waals surface area contributed by atoms with Gasteiger partial charge in [-0.25, -0.2) is 15.0 Å². The van der Waals surface area contributed by atoms with Gasteiger partial charge in [0.05, 0.1) is 11.0 Å². The lowest BCUT2D eigenvalue weighted by Crippen LogP contribution is -2.00. The van der Waals surface area contributed by atoms with Gasteiger partial charge < -0.3 is 4.57 Å². The lowest BCUT2D eigenvalue weighted by atomic mass is 10.0. The van der Waals surface area contributed by atoms with Crippen LogP contribution < -0.4 is 0 Å². The Bertz CT molecular complexity index is 3560. The summed E-state index contributed by atoms with van der Waals surface area (Å²) in [6.45, 7) is 0. The van der Waals surface area contributed by atoms with Crippen LogP contribution in [0, 0.1) is 0 Å². The Morgan fingerprint density at radius 3 is 1.84 bits per heavy atom. The van der Waals surface area contributed by atoms with Crippen molar-refractivity contribution in [1.82, 2.24) is 19.5 Å². The van der Waals surface area contributed by atoms with Crippen LogP contribution in [0.25, 0.3) is 115 Å². The first-order valence-electron chi connectivity index (χ1n) is 19.5. The highest BCUT2D eigenvalue weighted by atomic mass is 32.1. The summed E-state index contributed by atoms with van der Waals surface area (Å²) in [4.78, 5) is 15.6. The highest BCUT2D eigenvalue weighted by Gasteiger charge is 2.19. The minimum atomic E-state index is 0.645. The summed E-state index contributed by atoms with van der Waals surface area (Å²) >= 11 is 1.80. The summed E-state index contributed by atoms with van der Waals surface area (Å²) in [5, 5.41) is 9.74. The largest absolute Gasteiger partial charge is 0.309 e. The lowest BCUT2D eigenvalue weighted by molar-refractivity contribution is 1.08. The van der Waals surface area contributed by atoms with Crippen molar-refractivity contribution in [3.8, 4) is 51.0 Å². The van der Waals surface area contributed by atoms with Gasteiger partial charge in [-0.05, 0) is 57.6 Å². The summed E-state index contributed by atoms with van der Waals surface area (Å²) in [6, 6.07) is 69.2. The molecule has 0 radical (unpaired) electrons. The molecule has 0 fully saturated rings. The molecular formula is C53H32N4S. The number of rotatable bonds is 5. The molecule has 0 spiro atoms. The number of thiophene rings is 1. The minimum Gasteiger partial charge on any atom is -0.309 e. The van der Waals surface area contributed by atoms with Crippen molar-refractivity contribution in [1.29, 1.82) is 0 Å². The van der Waals surface area contributed by atoms with E-state index in [4.69, 9.17) is 15.0 Å². The predicted molar refractivity (Wildman–Crippen MR) is 244 cm³/mol. The number of hydrogen-bond acceptors (Lipinski definition) is 4. The lowest BCUT2D eigenvalue weighted by Gasteiger charge is -2.10. The first-order chi connectivity index (χ1) is 28.7. The van der Waals surface area contributed by atoms with Crippen molar-refractivity contribution >= 4 is 74.9 Å². The first-order valence-corrected chi connectivity index (χ1v) is 20.3. The molecule has 0 bridgehead atoms. The summed E-state index contributed by atoms with van der Waals surface area (Å²) in [5.74, 6) is 1.95. The van der Waals surface area contributed by atoms with Crippen LogP contribution in [0.2, 0.25) is 0 Å². The van der Waals surface area contributed by atoms with Crippen LogP contribution in [0.15, 0.2) is 194 Å². The van der Waals surface area contributed by atoms with E-state index in [1.54, 1.807) is 11.3 Å². The van der Waals surface area contributed by atoms with Crippen molar-refractivity contribution in [3.63, 3.8) is 0 Å². The van der Waals surface area contributed by atoms with E-state index in [1.165, 1.54) is 59.0 Å². The fraction of sp³-hybridized carbons (Fsp3) is 0. The van der Waals surface area contributed by atoms with Gasteiger partial charge in [-0.3, -0.25) is 0 Å². The zero-order valence-corrected chi connectivity index (χ0v) is 32.0. The molecule has 12 rings (SSSR count). The second-order valence-corrected chi connectivity index (χ2v) is 15.9. The summed E-state index contributed by atoms with van der Waals surface area (Å²) < 4.78 is 4.81. The first kappa shape index (κ1) is 32.7. The third-order valence-corrected chi connectivity index (χ3v) is 12.6. The van der Waals surface area contributed by atoms with Crippen LogP contribution in [-0.2, 0) is 0 Å². The summed E-state index contributed by atoms with van der Waals surface area (Å²) in [6.07, 6.45) is 0. The van der Waals surface area contributed by atoms with Crippen LogP contribution in [0.3, 0.4) is 0 Å². The molecule has 0 saturated heterocycles. The molecule has 0 N–H and O–H groups in total. The molecule has 58 heavy (non-hydrogen) atoms. The van der Waals surface area contributed by atoms with Crippen LogP contribution in [0.4, 0.5) is 0 Å². The third-order valence-electron chi connectivity index (χ3n) is 11.4. The van der Waals surface area contributed by atoms with Gasteiger partial charge in [-0.2, -0.15) is 0 Å². The molecule has 0 aliphatic rings. The van der Waals surface area contributed by atoms with Crippen molar-refractivity contribution < 1.29 is 0 Å². The molecule has 0 amide bonds. The molecule has 0 unspecified atom stereocenters. The fourth-order valence-corrected chi connectivity index (χ4v) is 9.87. The SMILES string of the molecule is c1ccc(-c2ccc(-c3nc(-c4ccc5ccccc5c4)nc(-c4cccc5c4sc4cc(-n6c7ccccc7c7ccc8ccccc8c76)ccc45)n3)cc2)cc1. The monoisotopic (exact) mass is 756 g/mol. The van der Waals surface area contributed by atoms with Crippen molar-refractivity contribution in [2.75, 3.05) is 0 Å². The molecular weight excluding hydrogens is 725 g/mol. The van der Waals surface area contributed by atoms with Gasteiger partial charge >= 0.3 is 0 Å². The maximum atomic E-state index is 5.23. The topological polar surface area (TPSA) is 43.6 Å². The van der Waals surface area contributed by atoms with Crippen LogP contribution >= 0.6 is 11.3 Å². The summed E-state index contributed by atoms with van der Waals surface area (Å²) in [5.41, 5.74) is 8.79. The second kappa shape index (κ2) is 13.1. The van der Waals surface area contributed by atoms with Crippen molar-refractivity contribution in [2.45, 2.75) is 0 Å². The molecule has 12 aromatic rings. The maximum absolute atomic E-state index is 5.23. The number of hydrogen-bond donors (Lipinski definition) is 0. The van der Waals surface area contributed by atoms with Gasteiger partial charge in [0.1, 0.15) is 0 Å². The Labute approximate surface area is 338 Å². The van der Waals surface area contributed by atoms with Gasteiger partial charge in [0.25, 0.3) is 0 Å². The fourth-order valence-electron chi connectivity index (χ4n) is 8.63. The van der Waals surface area contributed by atoms with Gasteiger partial charge in [0, 0.05) is 58.7 Å². The zero-order valence-electron chi connectivity index (χ0n) is 31.2. The zero-order chi connectivity index (χ0) is 38.2. The number of aromatic nitrogens is 4. The Kier molecular flexibility index (Phi) is 7.37.